The minimum absolute atomic E-state index is 0.445. The monoisotopic (exact) mass is 231 g/mol. The van der Waals surface area contributed by atoms with Gasteiger partial charge in [-0.2, -0.15) is 4.39 Å². The van der Waals surface area contributed by atoms with Crippen LogP contribution in [-0.4, -0.2) is 4.98 Å². The van der Waals surface area contributed by atoms with Gasteiger partial charge in [0.25, 0.3) is 0 Å². The normalized spacial score (nSPS) is 23.9. The molecule has 1 aliphatic carbocycles. The third kappa shape index (κ3) is 3.56. The maximum Gasteiger partial charge on any atom is 0.212 e. The van der Waals surface area contributed by atoms with Gasteiger partial charge in [-0.3, -0.25) is 0 Å². The molecule has 90 valence electrons. The van der Waals surface area contributed by atoms with Gasteiger partial charge < -0.3 is 0 Å². The number of aromatic nitrogens is 1. The molecule has 1 heterocycles. The molecule has 0 aromatic carbocycles. The quantitative estimate of drug-likeness (QED) is 0.529. The standard InChI is InChI=1S/C15H18FN/c1-2-12-3-5-13(6-4-12)7-8-14-9-10-15(16)17-11-14/h9-13H,2-6H2,1H3. The van der Waals surface area contributed by atoms with Crippen molar-refractivity contribution in [2.45, 2.75) is 39.0 Å². The smallest absolute Gasteiger partial charge is 0.212 e. The van der Waals surface area contributed by atoms with Gasteiger partial charge in [-0.15, -0.1) is 0 Å². The van der Waals surface area contributed by atoms with Gasteiger partial charge in [0.1, 0.15) is 0 Å². The molecule has 0 spiro atoms. The van der Waals surface area contributed by atoms with Gasteiger partial charge in [-0.1, -0.05) is 25.2 Å². The zero-order valence-corrected chi connectivity index (χ0v) is 10.2. The van der Waals surface area contributed by atoms with Gasteiger partial charge in [0.2, 0.25) is 5.95 Å². The first-order chi connectivity index (χ1) is 8.28. The summed E-state index contributed by atoms with van der Waals surface area (Å²) in [6.07, 6.45) is 7.82. The van der Waals surface area contributed by atoms with Crippen LogP contribution in [0.5, 0.6) is 0 Å². The summed E-state index contributed by atoms with van der Waals surface area (Å²) in [5.41, 5.74) is 0.809. The molecule has 1 aliphatic rings. The largest absolute Gasteiger partial charge is 0.227 e. The highest BCUT2D eigenvalue weighted by Crippen LogP contribution is 2.30. The van der Waals surface area contributed by atoms with E-state index < -0.39 is 5.95 Å². The molecule has 1 aromatic rings. The Morgan fingerprint density at radius 1 is 1.29 bits per heavy atom. The average Bonchev–Trinajstić information content (AvgIpc) is 2.39. The molecule has 17 heavy (non-hydrogen) atoms. The van der Waals surface area contributed by atoms with Crippen LogP contribution in [0.1, 0.15) is 44.6 Å². The first kappa shape index (κ1) is 12.1. The molecule has 1 nitrogen and oxygen atoms in total. The summed E-state index contributed by atoms with van der Waals surface area (Å²) < 4.78 is 12.6. The van der Waals surface area contributed by atoms with Gasteiger partial charge in [-0.05, 0) is 43.7 Å². The Kier molecular flexibility index (Phi) is 4.14. The van der Waals surface area contributed by atoms with E-state index in [1.54, 1.807) is 6.07 Å². The summed E-state index contributed by atoms with van der Waals surface area (Å²) in [7, 11) is 0. The fraction of sp³-hybridized carbons (Fsp3) is 0.533. The molecule has 1 fully saturated rings. The summed E-state index contributed by atoms with van der Waals surface area (Å²) in [5, 5.41) is 0. The molecular formula is C15H18FN. The van der Waals surface area contributed by atoms with E-state index in [0.29, 0.717) is 5.92 Å². The zero-order chi connectivity index (χ0) is 12.1. The average molecular weight is 231 g/mol. The Morgan fingerprint density at radius 3 is 2.65 bits per heavy atom. The second kappa shape index (κ2) is 5.82. The lowest BCUT2D eigenvalue weighted by Crippen LogP contribution is -2.12. The minimum Gasteiger partial charge on any atom is -0.227 e. The second-order valence-electron chi connectivity index (χ2n) is 4.76. The van der Waals surface area contributed by atoms with Gasteiger partial charge in [0.15, 0.2) is 0 Å². The van der Waals surface area contributed by atoms with Crippen LogP contribution in [0.3, 0.4) is 0 Å². The van der Waals surface area contributed by atoms with Crippen LogP contribution in [0, 0.1) is 29.6 Å². The molecule has 0 amide bonds. The number of hydrogen-bond acceptors (Lipinski definition) is 1. The Labute approximate surface area is 102 Å². The molecule has 0 unspecified atom stereocenters. The first-order valence-corrected chi connectivity index (χ1v) is 6.41. The molecule has 2 heteroatoms. The van der Waals surface area contributed by atoms with Gasteiger partial charge >= 0.3 is 0 Å². The van der Waals surface area contributed by atoms with Crippen LogP contribution in [0.2, 0.25) is 0 Å². The van der Waals surface area contributed by atoms with Gasteiger partial charge in [0, 0.05) is 17.7 Å². The Balaban J connectivity index is 1.92. The van der Waals surface area contributed by atoms with Crippen molar-refractivity contribution in [2.75, 3.05) is 0 Å². The highest BCUT2D eigenvalue weighted by molar-refractivity contribution is 5.31. The van der Waals surface area contributed by atoms with E-state index in [9.17, 15) is 4.39 Å². The van der Waals surface area contributed by atoms with E-state index in [1.165, 1.54) is 44.4 Å². The van der Waals surface area contributed by atoms with E-state index >= 15 is 0 Å². The Hall–Kier alpha value is -1.36. The Morgan fingerprint density at radius 2 is 2.06 bits per heavy atom. The summed E-state index contributed by atoms with van der Waals surface area (Å²) in [5.74, 6) is 7.36. The lowest BCUT2D eigenvalue weighted by atomic mass is 9.81. The first-order valence-electron chi connectivity index (χ1n) is 6.41. The summed E-state index contributed by atoms with van der Waals surface area (Å²) in [6.45, 7) is 2.26. The van der Waals surface area contributed by atoms with E-state index in [1.807, 2.05) is 0 Å². The molecule has 0 aliphatic heterocycles. The molecule has 1 aromatic heterocycles. The third-order valence-electron chi connectivity index (χ3n) is 3.57. The van der Waals surface area contributed by atoms with Crippen LogP contribution >= 0.6 is 0 Å². The second-order valence-corrected chi connectivity index (χ2v) is 4.76. The van der Waals surface area contributed by atoms with Crippen molar-refractivity contribution < 1.29 is 4.39 Å². The Bertz CT molecular complexity index is 405. The highest BCUT2D eigenvalue weighted by Gasteiger charge is 2.17. The van der Waals surface area contributed by atoms with Crippen LogP contribution in [0.15, 0.2) is 18.3 Å². The summed E-state index contributed by atoms with van der Waals surface area (Å²) in [4.78, 5) is 3.60. The molecule has 0 atom stereocenters. The zero-order valence-electron chi connectivity index (χ0n) is 10.2. The van der Waals surface area contributed by atoms with Crippen molar-refractivity contribution in [3.63, 3.8) is 0 Å². The molecule has 2 rings (SSSR count). The van der Waals surface area contributed by atoms with Crippen LogP contribution in [-0.2, 0) is 0 Å². The van der Waals surface area contributed by atoms with Crippen LogP contribution < -0.4 is 0 Å². The maximum absolute atomic E-state index is 12.6. The van der Waals surface area contributed by atoms with Crippen molar-refractivity contribution >= 4 is 0 Å². The molecular weight excluding hydrogens is 213 g/mol. The number of halogens is 1. The number of rotatable bonds is 1. The number of pyridine rings is 1. The lowest BCUT2D eigenvalue weighted by molar-refractivity contribution is 0.309. The third-order valence-corrected chi connectivity index (χ3v) is 3.57. The summed E-state index contributed by atoms with van der Waals surface area (Å²) in [6, 6.07) is 3.05. The summed E-state index contributed by atoms with van der Waals surface area (Å²) >= 11 is 0. The minimum atomic E-state index is -0.445. The lowest BCUT2D eigenvalue weighted by Gasteiger charge is -2.24. The van der Waals surface area contributed by atoms with E-state index in [0.717, 1.165) is 11.5 Å². The van der Waals surface area contributed by atoms with Crippen molar-refractivity contribution in [3.05, 3.63) is 29.8 Å². The van der Waals surface area contributed by atoms with Crippen molar-refractivity contribution in [1.29, 1.82) is 0 Å². The van der Waals surface area contributed by atoms with E-state index in [-0.39, 0.29) is 0 Å². The predicted octanol–water partition coefficient (Wildman–Crippen LogP) is 3.79. The molecule has 0 saturated heterocycles. The molecule has 0 bridgehead atoms. The van der Waals surface area contributed by atoms with Crippen molar-refractivity contribution in [2.24, 2.45) is 11.8 Å². The van der Waals surface area contributed by atoms with E-state index in [2.05, 4.69) is 23.7 Å². The molecule has 0 radical (unpaired) electrons. The number of nitrogens with zero attached hydrogens (tertiary/aromatic N) is 1. The van der Waals surface area contributed by atoms with Crippen LogP contribution in [0.4, 0.5) is 4.39 Å². The number of hydrogen-bond donors (Lipinski definition) is 0. The van der Waals surface area contributed by atoms with E-state index in [4.69, 9.17) is 0 Å². The SMILES string of the molecule is CCC1CCC(C#Cc2ccc(F)nc2)CC1. The fourth-order valence-corrected chi connectivity index (χ4v) is 2.35. The van der Waals surface area contributed by atoms with Crippen LogP contribution in [0.25, 0.3) is 0 Å². The fourth-order valence-electron chi connectivity index (χ4n) is 2.35. The molecule has 0 N–H and O–H groups in total. The van der Waals surface area contributed by atoms with Gasteiger partial charge in [0.05, 0.1) is 0 Å². The molecule has 1 saturated carbocycles. The predicted molar refractivity (Wildman–Crippen MR) is 66.8 cm³/mol. The van der Waals surface area contributed by atoms with Crippen molar-refractivity contribution in [3.8, 4) is 11.8 Å². The maximum atomic E-state index is 12.6. The van der Waals surface area contributed by atoms with Gasteiger partial charge in [-0.25, -0.2) is 4.98 Å². The highest BCUT2D eigenvalue weighted by atomic mass is 19.1. The topological polar surface area (TPSA) is 12.9 Å². The van der Waals surface area contributed by atoms with Crippen molar-refractivity contribution in [1.82, 2.24) is 4.98 Å².